The molecule has 0 unspecified atom stereocenters. The summed E-state index contributed by atoms with van der Waals surface area (Å²) in [6.45, 7) is 1.89. The second-order valence-corrected chi connectivity index (χ2v) is 5.37. The minimum absolute atomic E-state index is 0.160. The maximum absolute atomic E-state index is 11.5. The maximum atomic E-state index is 11.5. The van der Waals surface area contributed by atoms with Crippen molar-refractivity contribution < 1.29 is 15.0 Å². The Hall–Kier alpha value is -2.17. The van der Waals surface area contributed by atoms with E-state index >= 15 is 0 Å². The number of rotatable bonds is 7. The van der Waals surface area contributed by atoms with Crippen LogP contribution in [0.1, 0.15) is 24.1 Å². The van der Waals surface area contributed by atoms with Crippen molar-refractivity contribution in [2.45, 2.75) is 31.5 Å². The fourth-order valence-electron chi connectivity index (χ4n) is 2.43. The Morgan fingerprint density at radius 1 is 1.05 bits per heavy atom. The smallest absolute Gasteiger partial charge is 0.323 e. The number of hydrogen-bond acceptors (Lipinski definition) is 3. The summed E-state index contributed by atoms with van der Waals surface area (Å²) in [5, 5.41) is 22.7. The van der Waals surface area contributed by atoms with E-state index in [2.05, 4.69) is 5.32 Å². The molecule has 0 aliphatic carbocycles. The highest BCUT2D eigenvalue weighted by molar-refractivity contribution is 5.74. The number of hydrogen-bond donors (Lipinski definition) is 3. The van der Waals surface area contributed by atoms with Crippen LogP contribution in [0, 0.1) is 0 Å². The lowest BCUT2D eigenvalue weighted by Gasteiger charge is -2.24. The Labute approximate surface area is 130 Å². The lowest BCUT2D eigenvalue weighted by atomic mass is 10.00. The van der Waals surface area contributed by atoms with Crippen LogP contribution in [0.25, 0.3) is 0 Å². The highest BCUT2D eigenvalue weighted by Gasteiger charge is 2.28. The first kappa shape index (κ1) is 16.2. The number of carboxylic acid groups (broad SMARTS) is 1. The standard InChI is InChI=1S/C18H21NO3/c1-13(15-10-6-3-7-11-15)19-17(18(21)22)16(20)12-14-8-4-2-5-9-14/h2-11,13,16-17,19-20H,12H2,1H3,(H,21,22)/t13-,16-,17+/m1/s1. The summed E-state index contributed by atoms with van der Waals surface area (Å²) < 4.78 is 0. The van der Waals surface area contributed by atoms with E-state index < -0.39 is 18.1 Å². The lowest BCUT2D eigenvalue weighted by molar-refractivity contribution is -0.142. The van der Waals surface area contributed by atoms with Gasteiger partial charge >= 0.3 is 5.97 Å². The summed E-state index contributed by atoms with van der Waals surface area (Å²) in [4.78, 5) is 11.5. The van der Waals surface area contributed by atoms with Crippen LogP contribution in [-0.2, 0) is 11.2 Å². The molecule has 0 amide bonds. The van der Waals surface area contributed by atoms with Crippen LogP contribution in [0.3, 0.4) is 0 Å². The molecule has 22 heavy (non-hydrogen) atoms. The van der Waals surface area contributed by atoms with Gasteiger partial charge in [0.05, 0.1) is 6.10 Å². The number of carbonyl (C=O) groups is 1. The normalized spacial score (nSPS) is 15.0. The first-order valence-corrected chi connectivity index (χ1v) is 7.33. The van der Waals surface area contributed by atoms with E-state index in [0.29, 0.717) is 6.42 Å². The summed E-state index contributed by atoms with van der Waals surface area (Å²) in [5.74, 6) is -1.05. The van der Waals surface area contributed by atoms with Crippen molar-refractivity contribution in [3.63, 3.8) is 0 Å². The quantitative estimate of drug-likeness (QED) is 0.734. The molecule has 0 saturated carbocycles. The Balaban J connectivity index is 2.04. The van der Waals surface area contributed by atoms with Crippen molar-refractivity contribution in [3.8, 4) is 0 Å². The van der Waals surface area contributed by atoms with Gasteiger partial charge in [0.25, 0.3) is 0 Å². The number of aliphatic carboxylic acids is 1. The van der Waals surface area contributed by atoms with Crippen molar-refractivity contribution in [1.29, 1.82) is 0 Å². The van der Waals surface area contributed by atoms with Gasteiger partial charge in [-0.25, -0.2) is 0 Å². The topological polar surface area (TPSA) is 69.6 Å². The molecular weight excluding hydrogens is 278 g/mol. The monoisotopic (exact) mass is 299 g/mol. The average molecular weight is 299 g/mol. The van der Waals surface area contributed by atoms with Gasteiger partial charge in [-0.15, -0.1) is 0 Å². The van der Waals surface area contributed by atoms with Crippen LogP contribution >= 0.6 is 0 Å². The van der Waals surface area contributed by atoms with Gasteiger partial charge in [0.2, 0.25) is 0 Å². The predicted octanol–water partition coefficient (Wildman–Crippen LogP) is 2.39. The largest absolute Gasteiger partial charge is 0.480 e. The van der Waals surface area contributed by atoms with E-state index in [-0.39, 0.29) is 6.04 Å². The molecule has 0 aliphatic heterocycles. The molecule has 0 radical (unpaired) electrons. The molecule has 3 atom stereocenters. The molecule has 0 heterocycles. The van der Waals surface area contributed by atoms with E-state index in [9.17, 15) is 15.0 Å². The van der Waals surface area contributed by atoms with Crippen molar-refractivity contribution >= 4 is 5.97 Å². The van der Waals surface area contributed by atoms with Crippen molar-refractivity contribution in [2.24, 2.45) is 0 Å². The van der Waals surface area contributed by atoms with Gasteiger partial charge < -0.3 is 10.2 Å². The van der Waals surface area contributed by atoms with Crippen LogP contribution in [0.2, 0.25) is 0 Å². The highest BCUT2D eigenvalue weighted by atomic mass is 16.4. The Kier molecular flexibility index (Phi) is 5.69. The third-order valence-electron chi connectivity index (χ3n) is 3.67. The number of benzene rings is 2. The molecule has 0 saturated heterocycles. The molecule has 0 aliphatic rings. The molecule has 116 valence electrons. The molecule has 2 aromatic rings. The minimum Gasteiger partial charge on any atom is -0.480 e. The number of aliphatic hydroxyl groups is 1. The molecule has 2 aromatic carbocycles. The minimum atomic E-state index is -1.05. The number of carboxylic acids is 1. The van der Waals surface area contributed by atoms with Crippen LogP contribution < -0.4 is 5.32 Å². The number of aliphatic hydroxyl groups excluding tert-OH is 1. The van der Waals surface area contributed by atoms with Crippen LogP contribution in [0.4, 0.5) is 0 Å². The third kappa shape index (κ3) is 4.41. The zero-order chi connectivity index (χ0) is 15.9. The summed E-state index contributed by atoms with van der Waals surface area (Å²) in [6.07, 6.45) is -0.696. The third-order valence-corrected chi connectivity index (χ3v) is 3.67. The van der Waals surface area contributed by atoms with Gasteiger partial charge in [-0.3, -0.25) is 10.1 Å². The Bertz CT molecular complexity index is 586. The first-order valence-electron chi connectivity index (χ1n) is 7.33. The molecule has 4 heteroatoms. The molecule has 0 aromatic heterocycles. The van der Waals surface area contributed by atoms with E-state index in [4.69, 9.17) is 0 Å². The summed E-state index contributed by atoms with van der Waals surface area (Å²) in [7, 11) is 0. The Morgan fingerprint density at radius 3 is 2.14 bits per heavy atom. The van der Waals surface area contributed by atoms with E-state index in [1.807, 2.05) is 67.6 Å². The van der Waals surface area contributed by atoms with Crippen molar-refractivity contribution in [1.82, 2.24) is 5.32 Å². The van der Waals surface area contributed by atoms with Gasteiger partial charge in [-0.05, 0) is 18.1 Å². The van der Waals surface area contributed by atoms with E-state index in [1.54, 1.807) is 0 Å². The highest BCUT2D eigenvalue weighted by Crippen LogP contribution is 2.14. The maximum Gasteiger partial charge on any atom is 0.323 e. The summed E-state index contributed by atoms with van der Waals surface area (Å²) in [5.41, 5.74) is 1.90. The number of nitrogens with one attached hydrogen (secondary N) is 1. The molecule has 4 nitrogen and oxygen atoms in total. The van der Waals surface area contributed by atoms with Crippen molar-refractivity contribution in [2.75, 3.05) is 0 Å². The fourth-order valence-corrected chi connectivity index (χ4v) is 2.43. The van der Waals surface area contributed by atoms with E-state index in [1.165, 1.54) is 0 Å². The van der Waals surface area contributed by atoms with Gasteiger partial charge in [-0.2, -0.15) is 0 Å². The second-order valence-electron chi connectivity index (χ2n) is 5.37. The van der Waals surface area contributed by atoms with E-state index in [0.717, 1.165) is 11.1 Å². The van der Waals surface area contributed by atoms with Crippen molar-refractivity contribution in [3.05, 3.63) is 71.8 Å². The average Bonchev–Trinajstić information content (AvgIpc) is 2.53. The van der Waals surface area contributed by atoms with Gasteiger partial charge in [0, 0.05) is 12.5 Å². The van der Waals surface area contributed by atoms with Gasteiger partial charge in [-0.1, -0.05) is 60.7 Å². The fraction of sp³-hybridized carbons (Fsp3) is 0.278. The molecular formula is C18H21NO3. The van der Waals surface area contributed by atoms with Gasteiger partial charge in [0.15, 0.2) is 0 Å². The van der Waals surface area contributed by atoms with Crippen LogP contribution in [-0.4, -0.2) is 28.3 Å². The zero-order valence-corrected chi connectivity index (χ0v) is 12.5. The van der Waals surface area contributed by atoms with Gasteiger partial charge in [0.1, 0.15) is 6.04 Å². The molecule has 0 fully saturated rings. The predicted molar refractivity (Wildman–Crippen MR) is 85.6 cm³/mol. The molecule has 3 N–H and O–H groups in total. The Morgan fingerprint density at radius 2 is 1.59 bits per heavy atom. The molecule has 0 bridgehead atoms. The molecule has 0 spiro atoms. The summed E-state index contributed by atoms with van der Waals surface area (Å²) >= 11 is 0. The zero-order valence-electron chi connectivity index (χ0n) is 12.5. The van der Waals surface area contributed by atoms with Crippen LogP contribution in [0.5, 0.6) is 0 Å². The summed E-state index contributed by atoms with van der Waals surface area (Å²) in [6, 6.07) is 17.8. The second kappa shape index (κ2) is 7.73. The lowest BCUT2D eigenvalue weighted by Crippen LogP contribution is -2.47. The SMILES string of the molecule is C[C@@H](N[C@H](C(=O)O)[C@H](O)Cc1ccccc1)c1ccccc1. The molecule has 2 rings (SSSR count). The van der Waals surface area contributed by atoms with Crippen LogP contribution in [0.15, 0.2) is 60.7 Å². The first-order chi connectivity index (χ1) is 10.6.